The summed E-state index contributed by atoms with van der Waals surface area (Å²) >= 11 is 0. The predicted octanol–water partition coefficient (Wildman–Crippen LogP) is 3.82. The Balaban J connectivity index is 1.95. The van der Waals surface area contributed by atoms with Crippen LogP contribution in [0.5, 0.6) is 0 Å². The molecule has 0 spiro atoms. The van der Waals surface area contributed by atoms with Crippen molar-refractivity contribution >= 4 is 44.5 Å². The van der Waals surface area contributed by atoms with Gasteiger partial charge in [0.05, 0.1) is 22.4 Å². The zero-order valence-electron chi connectivity index (χ0n) is 19.5. The highest BCUT2D eigenvalue weighted by molar-refractivity contribution is 7.92. The molecule has 0 heterocycles. The number of hydrogen-bond donors (Lipinski definition) is 2. The maximum absolute atomic E-state index is 13.2. The summed E-state index contributed by atoms with van der Waals surface area (Å²) in [7, 11) is -0.206. The molecule has 3 aromatic carbocycles. The van der Waals surface area contributed by atoms with Crippen molar-refractivity contribution in [2.75, 3.05) is 35.3 Å². The molecular weight excluding hydrogens is 472 g/mol. The monoisotopic (exact) mass is 496 g/mol. The number of rotatable bonds is 8. The van der Waals surface area contributed by atoms with E-state index in [0.29, 0.717) is 22.6 Å². The average molecular weight is 497 g/mol. The second-order valence-corrected chi connectivity index (χ2v) is 9.84. The molecule has 0 atom stereocenters. The van der Waals surface area contributed by atoms with E-state index in [4.69, 9.17) is 0 Å². The van der Waals surface area contributed by atoms with Crippen LogP contribution in [0.4, 0.5) is 22.7 Å². The topological polar surface area (TPSA) is 139 Å². The second kappa shape index (κ2) is 9.94. The lowest BCUT2D eigenvalue weighted by atomic mass is 9.97. The number of aryl methyl sites for hydroxylation is 1. The van der Waals surface area contributed by atoms with E-state index >= 15 is 0 Å². The molecule has 0 aromatic heterocycles. The third kappa shape index (κ3) is 6.01. The predicted molar refractivity (Wildman–Crippen MR) is 135 cm³/mol. The van der Waals surface area contributed by atoms with Gasteiger partial charge in [-0.1, -0.05) is 24.3 Å². The van der Waals surface area contributed by atoms with Crippen LogP contribution in [-0.2, 0) is 10.0 Å². The van der Waals surface area contributed by atoms with Gasteiger partial charge in [0.25, 0.3) is 11.6 Å². The van der Waals surface area contributed by atoms with Crippen LogP contribution in [0.1, 0.15) is 31.8 Å². The fraction of sp³-hybridized carbons (Fsp3) is 0.167. The number of nitrogens with one attached hydrogen (secondary N) is 2. The smallest absolute Gasteiger partial charge is 0.293 e. The normalized spacial score (nSPS) is 11.0. The number of nitro groups is 1. The molecule has 0 aliphatic carbocycles. The van der Waals surface area contributed by atoms with Crippen LogP contribution in [0.3, 0.4) is 0 Å². The van der Waals surface area contributed by atoms with Gasteiger partial charge in [-0.05, 0) is 42.8 Å². The van der Waals surface area contributed by atoms with Gasteiger partial charge in [0.1, 0.15) is 5.69 Å². The first kappa shape index (κ1) is 25.4. The van der Waals surface area contributed by atoms with Gasteiger partial charge >= 0.3 is 0 Å². The van der Waals surface area contributed by atoms with E-state index in [2.05, 4.69) is 10.0 Å². The van der Waals surface area contributed by atoms with Crippen molar-refractivity contribution in [3.05, 3.63) is 93.0 Å². The van der Waals surface area contributed by atoms with Crippen molar-refractivity contribution in [1.82, 2.24) is 0 Å². The summed E-state index contributed by atoms with van der Waals surface area (Å²) in [6, 6.07) is 15.0. The lowest BCUT2D eigenvalue weighted by molar-refractivity contribution is -0.384. The quantitative estimate of drug-likeness (QED) is 0.274. The molecule has 0 aliphatic rings. The molecule has 0 aliphatic heterocycles. The van der Waals surface area contributed by atoms with Gasteiger partial charge in [-0.25, -0.2) is 8.42 Å². The molecule has 0 saturated carbocycles. The highest BCUT2D eigenvalue weighted by Crippen LogP contribution is 2.29. The standard InChI is InChI=1S/C24H24N4O6S/c1-15-9-11-17(14-20(15)26-35(4,33)34)25-24(30)19-8-6-5-7-18(19)23(29)16-10-12-21(27(2)3)22(13-16)28(31)32/h5-14,26H,1-4H3,(H,25,30). The first-order valence-corrected chi connectivity index (χ1v) is 12.3. The third-order valence-electron chi connectivity index (χ3n) is 5.12. The van der Waals surface area contributed by atoms with Gasteiger partial charge in [-0.3, -0.25) is 24.4 Å². The van der Waals surface area contributed by atoms with E-state index in [9.17, 15) is 28.1 Å². The number of carbonyl (C=O) groups is 2. The molecule has 0 radical (unpaired) electrons. The molecule has 0 bridgehead atoms. The summed E-state index contributed by atoms with van der Waals surface area (Å²) in [4.78, 5) is 38.8. The summed E-state index contributed by atoms with van der Waals surface area (Å²) in [5.41, 5.74) is 1.60. The molecule has 3 aromatic rings. The number of hydrogen-bond acceptors (Lipinski definition) is 7. The van der Waals surface area contributed by atoms with Crippen molar-refractivity contribution in [1.29, 1.82) is 0 Å². The molecule has 3 rings (SSSR count). The molecular formula is C24H24N4O6S. The van der Waals surface area contributed by atoms with Crippen LogP contribution in [0, 0.1) is 17.0 Å². The fourth-order valence-corrected chi connectivity index (χ4v) is 4.05. The van der Waals surface area contributed by atoms with Gasteiger partial charge in [-0.2, -0.15) is 0 Å². The average Bonchev–Trinajstić information content (AvgIpc) is 2.79. The van der Waals surface area contributed by atoms with Crippen LogP contribution < -0.4 is 14.9 Å². The van der Waals surface area contributed by atoms with Gasteiger partial charge < -0.3 is 10.2 Å². The maximum atomic E-state index is 13.2. The first-order valence-electron chi connectivity index (χ1n) is 10.4. The van der Waals surface area contributed by atoms with E-state index in [0.717, 1.165) is 6.26 Å². The lowest BCUT2D eigenvalue weighted by Crippen LogP contribution is -2.18. The minimum Gasteiger partial charge on any atom is -0.372 e. The Hall–Kier alpha value is -4.25. The Morgan fingerprint density at radius 2 is 1.63 bits per heavy atom. The number of amides is 1. The molecule has 35 heavy (non-hydrogen) atoms. The van der Waals surface area contributed by atoms with Crippen molar-refractivity contribution in [3.8, 4) is 0 Å². The number of sulfonamides is 1. The first-order chi connectivity index (χ1) is 16.4. The molecule has 182 valence electrons. The summed E-state index contributed by atoms with van der Waals surface area (Å²) < 4.78 is 25.6. The maximum Gasteiger partial charge on any atom is 0.293 e. The van der Waals surface area contributed by atoms with Crippen molar-refractivity contribution in [2.24, 2.45) is 0 Å². The zero-order chi connectivity index (χ0) is 25.9. The molecule has 2 N–H and O–H groups in total. The minimum absolute atomic E-state index is 0.0648. The second-order valence-electron chi connectivity index (χ2n) is 8.09. The zero-order valence-corrected chi connectivity index (χ0v) is 20.3. The van der Waals surface area contributed by atoms with E-state index < -0.39 is 26.6 Å². The highest BCUT2D eigenvalue weighted by Gasteiger charge is 2.23. The number of nitrogens with zero attached hydrogens (tertiary/aromatic N) is 2. The summed E-state index contributed by atoms with van der Waals surface area (Å²) in [6.45, 7) is 1.72. The van der Waals surface area contributed by atoms with Crippen LogP contribution in [0.2, 0.25) is 0 Å². The summed E-state index contributed by atoms with van der Waals surface area (Å²) in [5, 5.41) is 14.2. The number of carbonyl (C=O) groups excluding carboxylic acids is 2. The van der Waals surface area contributed by atoms with Crippen LogP contribution >= 0.6 is 0 Å². The molecule has 0 fully saturated rings. The molecule has 1 amide bonds. The number of ketones is 1. The SMILES string of the molecule is Cc1ccc(NC(=O)c2ccccc2C(=O)c2ccc(N(C)C)c([N+](=O)[O-])c2)cc1NS(C)(=O)=O. The Kier molecular flexibility index (Phi) is 7.20. The van der Waals surface area contributed by atoms with Crippen molar-refractivity contribution in [2.45, 2.75) is 6.92 Å². The number of anilines is 3. The van der Waals surface area contributed by atoms with Crippen molar-refractivity contribution < 1.29 is 22.9 Å². The van der Waals surface area contributed by atoms with Gasteiger partial charge in [0.15, 0.2) is 5.78 Å². The third-order valence-corrected chi connectivity index (χ3v) is 5.71. The Morgan fingerprint density at radius 1 is 0.971 bits per heavy atom. The van der Waals surface area contributed by atoms with E-state index in [1.807, 2.05) is 0 Å². The van der Waals surface area contributed by atoms with Crippen LogP contribution in [-0.4, -0.2) is 45.4 Å². The molecule has 10 nitrogen and oxygen atoms in total. The summed E-state index contributed by atoms with van der Waals surface area (Å²) in [5.74, 6) is -1.14. The lowest BCUT2D eigenvalue weighted by Gasteiger charge is -2.14. The minimum atomic E-state index is -3.52. The molecule has 0 saturated heterocycles. The Labute approximate surface area is 202 Å². The number of nitro benzene ring substituents is 1. The van der Waals surface area contributed by atoms with Gasteiger partial charge in [0.2, 0.25) is 10.0 Å². The largest absolute Gasteiger partial charge is 0.372 e. The van der Waals surface area contributed by atoms with E-state index in [1.165, 1.54) is 36.4 Å². The van der Waals surface area contributed by atoms with Crippen molar-refractivity contribution in [3.63, 3.8) is 0 Å². The fourth-order valence-electron chi connectivity index (χ4n) is 3.43. The van der Waals surface area contributed by atoms with E-state index in [1.54, 1.807) is 50.2 Å². The van der Waals surface area contributed by atoms with Gasteiger partial charge in [-0.15, -0.1) is 0 Å². The highest BCUT2D eigenvalue weighted by atomic mass is 32.2. The molecule has 11 heteroatoms. The van der Waals surface area contributed by atoms with Crippen LogP contribution in [0.25, 0.3) is 0 Å². The van der Waals surface area contributed by atoms with E-state index in [-0.39, 0.29) is 22.4 Å². The number of benzene rings is 3. The summed E-state index contributed by atoms with van der Waals surface area (Å²) in [6.07, 6.45) is 1.02. The Bertz CT molecular complexity index is 1430. The van der Waals surface area contributed by atoms with Gasteiger partial charge in [0, 0.05) is 37.0 Å². The Morgan fingerprint density at radius 3 is 2.23 bits per heavy atom. The van der Waals surface area contributed by atoms with Crippen LogP contribution in [0.15, 0.2) is 60.7 Å². The molecule has 0 unspecified atom stereocenters.